The zero-order chi connectivity index (χ0) is 13.5. The number of nitrogen functional groups attached to an aromatic ring is 1. The highest BCUT2D eigenvalue weighted by Crippen LogP contribution is 2.28. The van der Waals surface area contributed by atoms with Gasteiger partial charge in [0.25, 0.3) is 0 Å². The molecule has 0 aliphatic heterocycles. The maximum atomic E-state index is 6.00. The summed E-state index contributed by atoms with van der Waals surface area (Å²) in [5.41, 5.74) is 5.78. The third kappa shape index (κ3) is 4.88. The van der Waals surface area contributed by atoms with E-state index < -0.39 is 0 Å². The monoisotopic (exact) mass is 290 g/mol. The van der Waals surface area contributed by atoms with Gasteiger partial charge in [0.2, 0.25) is 5.95 Å². The lowest BCUT2D eigenvalue weighted by atomic mass is 10.4. The van der Waals surface area contributed by atoms with Crippen LogP contribution >= 0.6 is 23.4 Å². The molecule has 5 nitrogen and oxygen atoms in total. The lowest BCUT2D eigenvalue weighted by Gasteiger charge is -2.10. The van der Waals surface area contributed by atoms with E-state index in [2.05, 4.69) is 15.3 Å². The van der Waals surface area contributed by atoms with E-state index in [0.717, 1.165) is 13.0 Å². The number of nitrogens with zero attached hydrogens (tertiary/aromatic N) is 2. The number of aromatic nitrogens is 2. The van der Waals surface area contributed by atoms with Crippen molar-refractivity contribution in [2.75, 3.05) is 30.5 Å². The van der Waals surface area contributed by atoms with Crippen LogP contribution in [0.2, 0.25) is 5.15 Å². The summed E-state index contributed by atoms with van der Waals surface area (Å²) in [6, 6.07) is 0. The number of ether oxygens (including phenoxy) is 1. The average molecular weight is 291 g/mol. The van der Waals surface area contributed by atoms with Gasteiger partial charge in [-0.3, -0.25) is 0 Å². The van der Waals surface area contributed by atoms with Gasteiger partial charge >= 0.3 is 0 Å². The summed E-state index contributed by atoms with van der Waals surface area (Å²) in [6.07, 6.45) is 3.02. The Labute approximate surface area is 117 Å². The van der Waals surface area contributed by atoms with Crippen LogP contribution in [0.5, 0.6) is 0 Å². The number of rotatable bonds is 7. The number of halogens is 1. The standard InChI is InChI=1S/C11H19ClN4OS/c1-7(2)17-6-4-5-14-11-15-9(12)8(18-3)10(13)16-11/h7H,4-6H2,1-3H3,(H3,13,14,15,16). The summed E-state index contributed by atoms with van der Waals surface area (Å²) in [7, 11) is 0. The molecule has 102 valence electrons. The lowest BCUT2D eigenvalue weighted by molar-refractivity contribution is 0.0787. The molecule has 1 aromatic heterocycles. The first-order valence-electron chi connectivity index (χ1n) is 5.77. The van der Waals surface area contributed by atoms with E-state index in [1.54, 1.807) is 0 Å². The van der Waals surface area contributed by atoms with Crippen LogP contribution in [0.25, 0.3) is 0 Å². The van der Waals surface area contributed by atoms with E-state index in [9.17, 15) is 0 Å². The molecule has 3 N–H and O–H groups in total. The van der Waals surface area contributed by atoms with Crippen molar-refractivity contribution in [3.05, 3.63) is 5.15 Å². The van der Waals surface area contributed by atoms with Gasteiger partial charge < -0.3 is 15.8 Å². The highest BCUT2D eigenvalue weighted by Gasteiger charge is 2.09. The molecule has 0 saturated heterocycles. The zero-order valence-corrected chi connectivity index (χ0v) is 12.4. The molecule has 1 heterocycles. The minimum absolute atomic E-state index is 0.257. The predicted octanol–water partition coefficient (Wildman–Crippen LogP) is 2.66. The summed E-state index contributed by atoms with van der Waals surface area (Å²) in [5, 5.41) is 3.46. The Kier molecular flexibility index (Phi) is 6.52. The Balaban J connectivity index is 2.44. The van der Waals surface area contributed by atoms with E-state index in [1.165, 1.54) is 11.8 Å². The second-order valence-corrected chi connectivity index (χ2v) is 5.13. The van der Waals surface area contributed by atoms with Gasteiger partial charge in [0, 0.05) is 13.2 Å². The van der Waals surface area contributed by atoms with Gasteiger partial charge in [-0.05, 0) is 26.5 Å². The molecular formula is C11H19ClN4OS. The number of hydrogen-bond acceptors (Lipinski definition) is 6. The van der Waals surface area contributed by atoms with Crippen molar-refractivity contribution >= 4 is 35.1 Å². The Morgan fingerprint density at radius 2 is 2.17 bits per heavy atom. The van der Waals surface area contributed by atoms with Gasteiger partial charge in [0.05, 0.1) is 11.0 Å². The van der Waals surface area contributed by atoms with Gasteiger partial charge in [-0.2, -0.15) is 9.97 Å². The molecule has 0 aliphatic rings. The Bertz CT molecular complexity index is 366. The summed E-state index contributed by atoms with van der Waals surface area (Å²) in [5.74, 6) is 0.864. The highest BCUT2D eigenvalue weighted by molar-refractivity contribution is 7.98. The smallest absolute Gasteiger partial charge is 0.226 e. The molecule has 0 aliphatic carbocycles. The van der Waals surface area contributed by atoms with Gasteiger partial charge in [-0.25, -0.2) is 0 Å². The van der Waals surface area contributed by atoms with E-state index >= 15 is 0 Å². The first-order chi connectivity index (χ1) is 8.54. The fourth-order valence-corrected chi connectivity index (χ4v) is 2.18. The topological polar surface area (TPSA) is 73.1 Å². The van der Waals surface area contributed by atoms with Gasteiger partial charge in [-0.1, -0.05) is 11.6 Å². The fourth-order valence-electron chi connectivity index (χ4n) is 1.30. The summed E-state index contributed by atoms with van der Waals surface area (Å²) >= 11 is 7.44. The molecule has 0 radical (unpaired) electrons. The van der Waals surface area contributed by atoms with Crippen LogP contribution in [0, 0.1) is 0 Å². The number of nitrogens with one attached hydrogen (secondary N) is 1. The van der Waals surface area contributed by atoms with Crippen molar-refractivity contribution in [3.63, 3.8) is 0 Å². The van der Waals surface area contributed by atoms with Crippen molar-refractivity contribution in [1.29, 1.82) is 0 Å². The van der Waals surface area contributed by atoms with Gasteiger partial charge in [0.1, 0.15) is 11.0 Å². The zero-order valence-electron chi connectivity index (χ0n) is 10.9. The maximum Gasteiger partial charge on any atom is 0.226 e. The SMILES string of the molecule is CSc1c(N)nc(NCCCOC(C)C)nc1Cl. The molecular weight excluding hydrogens is 272 g/mol. The largest absolute Gasteiger partial charge is 0.383 e. The molecule has 18 heavy (non-hydrogen) atoms. The quantitative estimate of drug-likeness (QED) is 0.457. The van der Waals surface area contributed by atoms with Crippen LogP contribution in [-0.2, 0) is 4.74 Å². The Morgan fingerprint density at radius 3 is 2.72 bits per heavy atom. The molecule has 0 aromatic carbocycles. The molecule has 1 aromatic rings. The molecule has 0 amide bonds. The number of anilines is 2. The van der Waals surface area contributed by atoms with E-state index in [1.807, 2.05) is 20.1 Å². The molecule has 0 fully saturated rings. The van der Waals surface area contributed by atoms with Crippen LogP contribution in [0.4, 0.5) is 11.8 Å². The van der Waals surface area contributed by atoms with Crippen molar-refractivity contribution in [2.45, 2.75) is 31.3 Å². The third-order valence-corrected chi connectivity index (χ3v) is 3.31. The number of hydrogen-bond donors (Lipinski definition) is 2. The minimum atomic E-state index is 0.257. The second-order valence-electron chi connectivity index (χ2n) is 3.96. The lowest BCUT2D eigenvalue weighted by Crippen LogP contribution is -2.11. The van der Waals surface area contributed by atoms with Crippen LogP contribution in [0.1, 0.15) is 20.3 Å². The fraction of sp³-hybridized carbons (Fsp3) is 0.636. The van der Waals surface area contributed by atoms with Crippen molar-refractivity contribution in [3.8, 4) is 0 Å². The average Bonchev–Trinajstić information content (AvgIpc) is 2.27. The Hall–Kier alpha value is -0.720. The molecule has 0 unspecified atom stereocenters. The van der Waals surface area contributed by atoms with Crippen molar-refractivity contribution < 1.29 is 4.74 Å². The normalized spacial score (nSPS) is 10.9. The van der Waals surface area contributed by atoms with Crippen molar-refractivity contribution in [1.82, 2.24) is 9.97 Å². The first-order valence-corrected chi connectivity index (χ1v) is 7.37. The molecule has 0 bridgehead atoms. The van der Waals surface area contributed by atoms with Crippen LogP contribution in [-0.4, -0.2) is 35.5 Å². The molecule has 0 saturated carbocycles. The second kappa shape index (κ2) is 7.66. The minimum Gasteiger partial charge on any atom is -0.383 e. The molecule has 0 atom stereocenters. The van der Waals surface area contributed by atoms with Crippen LogP contribution in [0.15, 0.2) is 4.90 Å². The molecule has 7 heteroatoms. The highest BCUT2D eigenvalue weighted by atomic mass is 35.5. The van der Waals surface area contributed by atoms with E-state index in [4.69, 9.17) is 22.1 Å². The first kappa shape index (κ1) is 15.3. The van der Waals surface area contributed by atoms with E-state index in [0.29, 0.717) is 28.4 Å². The number of thioether (sulfide) groups is 1. The predicted molar refractivity (Wildman–Crippen MR) is 77.4 cm³/mol. The Morgan fingerprint density at radius 1 is 1.44 bits per heavy atom. The summed E-state index contributed by atoms with van der Waals surface area (Å²) < 4.78 is 5.43. The summed E-state index contributed by atoms with van der Waals surface area (Å²) in [4.78, 5) is 9.00. The number of nitrogens with two attached hydrogens (primary N) is 1. The molecule has 0 spiro atoms. The summed E-state index contributed by atoms with van der Waals surface area (Å²) in [6.45, 7) is 5.45. The third-order valence-electron chi connectivity index (χ3n) is 2.11. The maximum absolute atomic E-state index is 6.00. The van der Waals surface area contributed by atoms with Crippen molar-refractivity contribution in [2.24, 2.45) is 0 Å². The van der Waals surface area contributed by atoms with Crippen LogP contribution < -0.4 is 11.1 Å². The van der Waals surface area contributed by atoms with Crippen LogP contribution in [0.3, 0.4) is 0 Å². The van der Waals surface area contributed by atoms with E-state index in [-0.39, 0.29) is 6.10 Å². The van der Waals surface area contributed by atoms with Gasteiger partial charge in [0.15, 0.2) is 0 Å². The van der Waals surface area contributed by atoms with Gasteiger partial charge in [-0.15, -0.1) is 11.8 Å². The molecule has 1 rings (SSSR count).